The van der Waals surface area contributed by atoms with Gasteiger partial charge in [0.05, 0.1) is 6.04 Å². The third-order valence-electron chi connectivity index (χ3n) is 2.97. The van der Waals surface area contributed by atoms with Crippen LogP contribution in [0.2, 0.25) is 0 Å². The zero-order valence-corrected chi connectivity index (χ0v) is 8.50. The van der Waals surface area contributed by atoms with E-state index >= 15 is 0 Å². The summed E-state index contributed by atoms with van der Waals surface area (Å²) < 4.78 is 2.03. The molecule has 75 valence electrons. The fraction of sp³-hybridized carbons (Fsp3) is 0.308. The first-order valence-electron chi connectivity index (χ1n) is 5.41. The molecular weight excluding hydrogens is 184 g/mol. The fourth-order valence-corrected chi connectivity index (χ4v) is 2.10. The van der Waals surface area contributed by atoms with Crippen molar-refractivity contribution >= 4 is 0 Å². The first-order valence-corrected chi connectivity index (χ1v) is 5.41. The van der Waals surface area contributed by atoms with Crippen LogP contribution in [0.1, 0.15) is 24.4 Å². The predicted octanol–water partition coefficient (Wildman–Crippen LogP) is 2.68. The number of nitrogens with zero attached hydrogens (tertiary/aromatic N) is 2. The van der Waals surface area contributed by atoms with Gasteiger partial charge in [-0.1, -0.05) is 30.3 Å². The molecule has 2 nitrogen and oxygen atoms in total. The molecule has 1 aliphatic rings. The van der Waals surface area contributed by atoms with Crippen LogP contribution in [0.25, 0.3) is 0 Å². The minimum absolute atomic E-state index is 0.414. The van der Waals surface area contributed by atoms with E-state index in [9.17, 15) is 0 Å². The van der Waals surface area contributed by atoms with Crippen molar-refractivity contribution in [3.63, 3.8) is 0 Å². The Morgan fingerprint density at radius 2 is 2.07 bits per heavy atom. The Labute approximate surface area is 89.5 Å². The van der Waals surface area contributed by atoms with E-state index in [4.69, 9.17) is 0 Å². The smallest absolute Gasteiger partial charge is 0.113 e. The van der Waals surface area contributed by atoms with Crippen molar-refractivity contribution in [1.29, 1.82) is 0 Å². The molecular formula is C13H13N2. The molecule has 0 bridgehead atoms. The van der Waals surface area contributed by atoms with Gasteiger partial charge in [-0.2, -0.15) is 5.10 Å². The van der Waals surface area contributed by atoms with E-state index in [0.717, 1.165) is 5.92 Å². The molecule has 1 aromatic heterocycles. The molecule has 0 saturated heterocycles. The van der Waals surface area contributed by atoms with Gasteiger partial charge >= 0.3 is 0 Å². The Kier molecular flexibility index (Phi) is 2.05. The zero-order valence-electron chi connectivity index (χ0n) is 8.50. The molecule has 1 atom stereocenters. The highest BCUT2D eigenvalue weighted by Gasteiger charge is 2.33. The Morgan fingerprint density at radius 1 is 1.27 bits per heavy atom. The number of hydrogen-bond acceptors (Lipinski definition) is 1. The van der Waals surface area contributed by atoms with Crippen LogP contribution in [0.15, 0.2) is 42.6 Å². The molecule has 15 heavy (non-hydrogen) atoms. The molecule has 2 aromatic rings. The topological polar surface area (TPSA) is 17.8 Å². The molecule has 1 unspecified atom stereocenters. The molecule has 0 N–H and O–H groups in total. The van der Waals surface area contributed by atoms with Crippen LogP contribution >= 0.6 is 0 Å². The molecule has 1 fully saturated rings. The van der Waals surface area contributed by atoms with Crippen LogP contribution in [0.3, 0.4) is 0 Å². The van der Waals surface area contributed by atoms with E-state index in [1.165, 1.54) is 18.4 Å². The van der Waals surface area contributed by atoms with Crippen LogP contribution in [0, 0.1) is 12.1 Å². The average molecular weight is 197 g/mol. The lowest BCUT2D eigenvalue weighted by atomic mass is 10.0. The third-order valence-corrected chi connectivity index (χ3v) is 2.97. The SMILES string of the molecule is [c]1ccn(C(c2ccccc2)C2CC2)n1. The molecule has 0 amide bonds. The van der Waals surface area contributed by atoms with Crippen LogP contribution < -0.4 is 0 Å². The molecule has 1 saturated carbocycles. The Balaban J connectivity index is 1.98. The van der Waals surface area contributed by atoms with Crippen molar-refractivity contribution in [2.75, 3.05) is 0 Å². The second kappa shape index (κ2) is 3.54. The second-order valence-electron chi connectivity index (χ2n) is 4.12. The first-order chi connectivity index (χ1) is 7.45. The minimum atomic E-state index is 0.414. The fourth-order valence-electron chi connectivity index (χ4n) is 2.10. The predicted molar refractivity (Wildman–Crippen MR) is 58.4 cm³/mol. The maximum atomic E-state index is 4.25. The molecule has 0 spiro atoms. The summed E-state index contributed by atoms with van der Waals surface area (Å²) in [7, 11) is 0. The summed E-state index contributed by atoms with van der Waals surface area (Å²) in [4.78, 5) is 0. The zero-order chi connectivity index (χ0) is 10.1. The lowest BCUT2D eigenvalue weighted by Gasteiger charge is -2.17. The van der Waals surface area contributed by atoms with E-state index in [1.54, 1.807) is 0 Å². The molecule has 1 heterocycles. The third kappa shape index (κ3) is 1.67. The minimum Gasteiger partial charge on any atom is -0.264 e. The van der Waals surface area contributed by atoms with Gasteiger partial charge in [0.15, 0.2) is 0 Å². The number of benzene rings is 1. The van der Waals surface area contributed by atoms with E-state index < -0.39 is 0 Å². The van der Waals surface area contributed by atoms with Gasteiger partial charge < -0.3 is 0 Å². The van der Waals surface area contributed by atoms with Gasteiger partial charge in [0.25, 0.3) is 0 Å². The van der Waals surface area contributed by atoms with E-state index in [0.29, 0.717) is 6.04 Å². The number of aromatic nitrogens is 2. The van der Waals surface area contributed by atoms with Gasteiger partial charge in [0.1, 0.15) is 6.20 Å². The standard InChI is InChI=1S/C13H13N2/c1-2-5-11(6-3-1)13(12-7-8-12)15-10-4-9-14-15/h1-6,10,12-13H,7-8H2. The monoisotopic (exact) mass is 197 g/mol. The van der Waals surface area contributed by atoms with Crippen LogP contribution in [0.5, 0.6) is 0 Å². The summed E-state index contributed by atoms with van der Waals surface area (Å²) in [6.07, 6.45) is 7.52. The highest BCUT2D eigenvalue weighted by atomic mass is 15.3. The molecule has 1 aliphatic carbocycles. The van der Waals surface area contributed by atoms with Gasteiger partial charge in [0.2, 0.25) is 0 Å². The van der Waals surface area contributed by atoms with Crippen molar-refractivity contribution in [2.24, 2.45) is 5.92 Å². The molecule has 1 radical (unpaired) electrons. The largest absolute Gasteiger partial charge is 0.264 e. The van der Waals surface area contributed by atoms with Crippen molar-refractivity contribution in [3.8, 4) is 0 Å². The Hall–Kier alpha value is -1.57. The molecule has 0 aliphatic heterocycles. The van der Waals surface area contributed by atoms with Crippen molar-refractivity contribution in [1.82, 2.24) is 9.78 Å². The Morgan fingerprint density at radius 3 is 2.67 bits per heavy atom. The van der Waals surface area contributed by atoms with Crippen molar-refractivity contribution in [3.05, 3.63) is 54.4 Å². The van der Waals surface area contributed by atoms with Crippen LogP contribution in [-0.4, -0.2) is 9.78 Å². The van der Waals surface area contributed by atoms with Crippen molar-refractivity contribution < 1.29 is 0 Å². The average Bonchev–Trinajstić information content (AvgIpc) is 2.96. The summed E-state index contributed by atoms with van der Waals surface area (Å²) in [5.74, 6) is 0.765. The first kappa shape index (κ1) is 8.72. The number of hydrogen-bond donors (Lipinski definition) is 0. The lowest BCUT2D eigenvalue weighted by molar-refractivity contribution is 0.470. The van der Waals surface area contributed by atoms with Gasteiger partial charge in [0, 0.05) is 6.20 Å². The van der Waals surface area contributed by atoms with Crippen LogP contribution in [-0.2, 0) is 0 Å². The van der Waals surface area contributed by atoms with Gasteiger partial charge in [-0.05, 0) is 30.4 Å². The summed E-state index contributed by atoms with van der Waals surface area (Å²) in [5.41, 5.74) is 1.36. The quantitative estimate of drug-likeness (QED) is 0.739. The van der Waals surface area contributed by atoms with E-state index in [-0.39, 0.29) is 0 Å². The lowest BCUT2D eigenvalue weighted by Crippen LogP contribution is -2.13. The molecule has 2 heteroatoms. The van der Waals surface area contributed by atoms with E-state index in [2.05, 4.69) is 41.6 Å². The van der Waals surface area contributed by atoms with Gasteiger partial charge in [-0.15, -0.1) is 0 Å². The number of rotatable bonds is 3. The molecule has 1 aromatic carbocycles. The normalized spacial score (nSPS) is 17.6. The summed E-state index contributed by atoms with van der Waals surface area (Å²) >= 11 is 0. The van der Waals surface area contributed by atoms with Gasteiger partial charge in [-0.25, -0.2) is 0 Å². The van der Waals surface area contributed by atoms with Gasteiger partial charge in [-0.3, -0.25) is 4.68 Å². The van der Waals surface area contributed by atoms with Crippen molar-refractivity contribution in [2.45, 2.75) is 18.9 Å². The Bertz CT molecular complexity index is 415. The second-order valence-corrected chi connectivity index (χ2v) is 4.12. The highest BCUT2D eigenvalue weighted by molar-refractivity contribution is 5.21. The van der Waals surface area contributed by atoms with Crippen LogP contribution in [0.4, 0.5) is 0 Å². The summed E-state index contributed by atoms with van der Waals surface area (Å²) in [6.45, 7) is 0. The maximum absolute atomic E-state index is 4.25. The molecule has 3 rings (SSSR count). The highest BCUT2D eigenvalue weighted by Crippen LogP contribution is 2.42. The summed E-state index contributed by atoms with van der Waals surface area (Å²) in [6, 6.07) is 12.9. The van der Waals surface area contributed by atoms with E-state index in [1.807, 2.05) is 16.9 Å². The summed E-state index contributed by atoms with van der Waals surface area (Å²) in [5, 5.41) is 4.25. The maximum Gasteiger partial charge on any atom is 0.113 e.